The summed E-state index contributed by atoms with van der Waals surface area (Å²) in [6, 6.07) is 1.81. The van der Waals surface area contributed by atoms with E-state index in [9.17, 15) is 27.2 Å². The van der Waals surface area contributed by atoms with Crippen molar-refractivity contribution in [2.24, 2.45) is 13.0 Å². The number of nitrogens with zero attached hydrogens (tertiary/aromatic N) is 2. The fraction of sp³-hybridized carbons (Fsp3) is 0.474. The van der Waals surface area contributed by atoms with E-state index in [-0.39, 0.29) is 21.3 Å². The van der Waals surface area contributed by atoms with Gasteiger partial charge in [-0.15, -0.1) is 0 Å². The molecule has 2 aromatic rings. The lowest BCUT2D eigenvalue weighted by Crippen LogP contribution is -2.41. The number of hydrogen-bond donors (Lipinski definition) is 0. The van der Waals surface area contributed by atoms with E-state index >= 15 is 0 Å². The molecule has 0 radical (unpaired) electrons. The Bertz CT molecular complexity index is 1020. The van der Waals surface area contributed by atoms with Gasteiger partial charge in [0.2, 0.25) is 0 Å². The molecule has 10 heteroatoms. The minimum atomic E-state index is -5.01. The second-order valence-corrected chi connectivity index (χ2v) is 7.53. The van der Waals surface area contributed by atoms with E-state index in [1.807, 2.05) is 0 Å². The fourth-order valence-electron chi connectivity index (χ4n) is 3.44. The average Bonchev–Trinajstić information content (AvgIpc) is 2.65. The molecule has 158 valence electrons. The number of ether oxygens (including phenoxy) is 1. The van der Waals surface area contributed by atoms with Crippen molar-refractivity contribution in [2.45, 2.75) is 38.3 Å². The predicted molar refractivity (Wildman–Crippen MR) is 99.3 cm³/mol. The Morgan fingerprint density at radius 1 is 1.17 bits per heavy atom. The van der Waals surface area contributed by atoms with Crippen molar-refractivity contribution in [2.75, 3.05) is 6.61 Å². The van der Waals surface area contributed by atoms with Crippen LogP contribution in [0.25, 0.3) is 5.69 Å². The van der Waals surface area contributed by atoms with Crippen molar-refractivity contribution < 1.29 is 22.3 Å². The van der Waals surface area contributed by atoms with Gasteiger partial charge in [-0.3, -0.25) is 4.79 Å². The summed E-state index contributed by atoms with van der Waals surface area (Å²) in [5.74, 6) is -0.823. The third-order valence-corrected chi connectivity index (χ3v) is 5.29. The molecular weight excluding hydrogens is 416 g/mol. The third-order valence-electron chi connectivity index (χ3n) is 5.00. The maximum Gasteiger partial charge on any atom is 0.423 e. The molecular formula is C19H19ClF4N2O3. The highest BCUT2D eigenvalue weighted by Gasteiger charge is 2.36. The molecule has 3 rings (SSSR count). The molecule has 0 atom stereocenters. The number of rotatable bonds is 4. The van der Waals surface area contributed by atoms with Gasteiger partial charge >= 0.3 is 11.9 Å². The first-order valence-corrected chi connectivity index (χ1v) is 9.49. The second kappa shape index (κ2) is 8.22. The molecule has 0 bridgehead atoms. The molecule has 0 unspecified atom stereocenters. The summed E-state index contributed by atoms with van der Waals surface area (Å²) in [5.41, 5.74) is -5.02. The van der Waals surface area contributed by atoms with Gasteiger partial charge in [0.15, 0.2) is 0 Å². The molecule has 1 aromatic carbocycles. The molecule has 1 saturated carbocycles. The highest BCUT2D eigenvalue weighted by atomic mass is 35.5. The third kappa shape index (κ3) is 4.49. The SMILES string of the molecule is Cn1cc(C(F)(F)F)c(=O)n(-c2cc(OCC3CCCCC3)c(Cl)cc2F)c1=O. The smallest absolute Gasteiger partial charge is 0.423 e. The van der Waals surface area contributed by atoms with Crippen LogP contribution in [0.3, 0.4) is 0 Å². The van der Waals surface area contributed by atoms with Crippen LogP contribution in [0.4, 0.5) is 17.6 Å². The normalized spacial score (nSPS) is 15.5. The molecule has 1 aromatic heterocycles. The van der Waals surface area contributed by atoms with Crippen molar-refractivity contribution in [3.05, 3.63) is 55.6 Å². The monoisotopic (exact) mass is 434 g/mol. The summed E-state index contributed by atoms with van der Waals surface area (Å²) in [5, 5.41) is -0.0982. The van der Waals surface area contributed by atoms with Crippen LogP contribution >= 0.6 is 11.6 Å². The second-order valence-electron chi connectivity index (χ2n) is 7.12. The Hall–Kier alpha value is -2.29. The van der Waals surface area contributed by atoms with E-state index in [0.29, 0.717) is 17.4 Å². The minimum absolute atomic E-state index is 0.00000457. The van der Waals surface area contributed by atoms with Gasteiger partial charge in [0.1, 0.15) is 17.1 Å². The maximum atomic E-state index is 14.5. The van der Waals surface area contributed by atoms with Crippen molar-refractivity contribution in [1.82, 2.24) is 9.13 Å². The molecule has 0 spiro atoms. The average molecular weight is 435 g/mol. The Kier molecular flexibility index (Phi) is 6.07. The van der Waals surface area contributed by atoms with Gasteiger partial charge in [0.25, 0.3) is 5.56 Å². The van der Waals surface area contributed by atoms with Crippen molar-refractivity contribution >= 4 is 11.6 Å². The number of hydrogen-bond acceptors (Lipinski definition) is 3. The lowest BCUT2D eigenvalue weighted by molar-refractivity contribution is -0.139. The van der Waals surface area contributed by atoms with Gasteiger partial charge in [-0.05, 0) is 24.8 Å². The van der Waals surface area contributed by atoms with Crippen molar-refractivity contribution in [3.8, 4) is 11.4 Å². The Balaban J connectivity index is 2.06. The topological polar surface area (TPSA) is 53.2 Å². The zero-order valence-corrected chi connectivity index (χ0v) is 16.3. The standard InChI is InChI=1S/C19H19ClF4N2O3/c1-25-9-12(19(22,23)24)17(27)26(18(25)28)15-8-16(13(20)7-14(15)21)29-10-11-5-3-2-4-6-11/h7-9,11H,2-6,10H2,1H3. The molecule has 1 aliphatic rings. The van der Waals surface area contributed by atoms with Gasteiger partial charge in [-0.1, -0.05) is 30.9 Å². The fourth-order valence-corrected chi connectivity index (χ4v) is 3.64. The molecule has 0 aliphatic heterocycles. The zero-order chi connectivity index (χ0) is 21.3. The summed E-state index contributed by atoms with van der Waals surface area (Å²) < 4.78 is 60.3. The Labute approximate surface area is 168 Å². The predicted octanol–water partition coefficient (Wildman–Crippen LogP) is 4.31. The molecule has 0 N–H and O–H groups in total. The van der Waals surface area contributed by atoms with E-state index in [1.54, 1.807) is 0 Å². The highest BCUT2D eigenvalue weighted by Crippen LogP contribution is 2.32. The van der Waals surface area contributed by atoms with E-state index in [0.717, 1.165) is 51.3 Å². The van der Waals surface area contributed by atoms with Crippen LogP contribution in [0.2, 0.25) is 5.02 Å². The van der Waals surface area contributed by atoms with Gasteiger partial charge in [0, 0.05) is 19.3 Å². The Morgan fingerprint density at radius 2 is 1.83 bits per heavy atom. The molecule has 1 heterocycles. The van der Waals surface area contributed by atoms with Crippen LogP contribution < -0.4 is 16.0 Å². The van der Waals surface area contributed by atoms with Crippen LogP contribution in [0.5, 0.6) is 5.75 Å². The number of alkyl halides is 3. The largest absolute Gasteiger partial charge is 0.492 e. The first kappa shape index (κ1) is 21.4. The van der Waals surface area contributed by atoms with E-state index in [4.69, 9.17) is 16.3 Å². The number of aryl methyl sites for hydroxylation is 1. The number of aromatic nitrogens is 2. The molecule has 5 nitrogen and oxygen atoms in total. The zero-order valence-electron chi connectivity index (χ0n) is 15.6. The van der Waals surface area contributed by atoms with Gasteiger partial charge in [-0.25, -0.2) is 13.8 Å². The number of benzene rings is 1. The van der Waals surface area contributed by atoms with Crippen molar-refractivity contribution in [3.63, 3.8) is 0 Å². The van der Waals surface area contributed by atoms with E-state index in [2.05, 4.69) is 0 Å². The van der Waals surface area contributed by atoms with E-state index < -0.39 is 34.5 Å². The molecule has 1 fully saturated rings. The molecule has 1 aliphatic carbocycles. The minimum Gasteiger partial charge on any atom is -0.492 e. The highest BCUT2D eigenvalue weighted by molar-refractivity contribution is 6.32. The summed E-state index contributed by atoms with van der Waals surface area (Å²) in [6.45, 7) is 0.306. The van der Waals surface area contributed by atoms with Crippen LogP contribution in [-0.2, 0) is 13.2 Å². The quantitative estimate of drug-likeness (QED) is 0.674. The summed E-state index contributed by atoms with van der Waals surface area (Å²) in [4.78, 5) is 24.7. The summed E-state index contributed by atoms with van der Waals surface area (Å²) >= 11 is 6.01. The lowest BCUT2D eigenvalue weighted by Gasteiger charge is -2.22. The van der Waals surface area contributed by atoms with Gasteiger partial charge < -0.3 is 9.30 Å². The van der Waals surface area contributed by atoms with Crippen LogP contribution in [0.15, 0.2) is 27.9 Å². The van der Waals surface area contributed by atoms with Crippen LogP contribution in [-0.4, -0.2) is 15.7 Å². The number of halogens is 5. The van der Waals surface area contributed by atoms with Gasteiger partial charge in [0.05, 0.1) is 17.3 Å². The van der Waals surface area contributed by atoms with Crippen molar-refractivity contribution in [1.29, 1.82) is 0 Å². The Morgan fingerprint density at radius 3 is 2.45 bits per heavy atom. The molecule has 29 heavy (non-hydrogen) atoms. The van der Waals surface area contributed by atoms with Gasteiger partial charge in [-0.2, -0.15) is 13.2 Å². The first-order valence-electron chi connectivity index (χ1n) is 9.11. The van der Waals surface area contributed by atoms with E-state index in [1.165, 1.54) is 0 Å². The molecule has 0 amide bonds. The maximum absolute atomic E-state index is 14.5. The van der Waals surface area contributed by atoms with Crippen LogP contribution in [0.1, 0.15) is 37.7 Å². The summed E-state index contributed by atoms with van der Waals surface area (Å²) in [7, 11) is 1.04. The van der Waals surface area contributed by atoms with Crippen LogP contribution in [0, 0.1) is 11.7 Å². The summed E-state index contributed by atoms with van der Waals surface area (Å²) in [6.07, 6.45) is 0.624. The lowest BCUT2D eigenvalue weighted by atomic mass is 9.90. The first-order chi connectivity index (χ1) is 13.6. The molecule has 0 saturated heterocycles.